The molecule has 0 fully saturated rings. The van der Waals surface area contributed by atoms with Crippen LogP contribution in [0.2, 0.25) is 0 Å². The smallest absolute Gasteiger partial charge is 0.0738 e. The van der Waals surface area contributed by atoms with Gasteiger partial charge in [0.25, 0.3) is 0 Å². The molecule has 4 heteroatoms. The molecule has 2 aromatic rings. The molecule has 0 saturated carbocycles. The van der Waals surface area contributed by atoms with Crippen molar-refractivity contribution in [3.8, 4) is 0 Å². The minimum atomic E-state index is -0.280. The number of fused-ring (bicyclic) bond motifs is 1. The normalized spacial score (nSPS) is 21.8. The molecule has 0 bridgehead atoms. The number of benzene rings is 1. The van der Waals surface area contributed by atoms with E-state index in [0.29, 0.717) is 0 Å². The summed E-state index contributed by atoms with van der Waals surface area (Å²) in [5.74, 6) is 0. The SMILES string of the molecule is Cc1nn(C)c(CC2(N)CCCc3ccccc32)c1Br. The maximum Gasteiger partial charge on any atom is 0.0738 e. The second-order valence-corrected chi connectivity index (χ2v) is 6.61. The van der Waals surface area contributed by atoms with E-state index >= 15 is 0 Å². The Hall–Kier alpha value is -1.13. The van der Waals surface area contributed by atoms with Gasteiger partial charge in [0.15, 0.2) is 0 Å². The minimum Gasteiger partial charge on any atom is -0.321 e. The number of nitrogens with zero attached hydrogens (tertiary/aromatic N) is 2. The molecule has 1 unspecified atom stereocenters. The molecule has 0 radical (unpaired) electrons. The average molecular weight is 334 g/mol. The molecule has 2 N–H and O–H groups in total. The zero-order valence-corrected chi connectivity index (χ0v) is 13.6. The van der Waals surface area contributed by atoms with E-state index < -0.39 is 0 Å². The zero-order chi connectivity index (χ0) is 14.3. The fourth-order valence-corrected chi connectivity index (χ4v) is 3.78. The zero-order valence-electron chi connectivity index (χ0n) is 12.0. The highest BCUT2D eigenvalue weighted by Crippen LogP contribution is 2.37. The molecule has 0 amide bonds. The largest absolute Gasteiger partial charge is 0.321 e. The van der Waals surface area contributed by atoms with Crippen molar-refractivity contribution in [3.05, 3.63) is 51.3 Å². The van der Waals surface area contributed by atoms with Crippen LogP contribution in [0.25, 0.3) is 0 Å². The van der Waals surface area contributed by atoms with Gasteiger partial charge in [-0.15, -0.1) is 0 Å². The molecule has 0 spiro atoms. The number of halogens is 1. The third kappa shape index (κ3) is 2.21. The summed E-state index contributed by atoms with van der Waals surface area (Å²) in [5.41, 5.74) is 11.4. The Morgan fingerprint density at radius 1 is 1.40 bits per heavy atom. The first kappa shape index (κ1) is 13.8. The Labute approximate surface area is 128 Å². The summed E-state index contributed by atoms with van der Waals surface area (Å²) < 4.78 is 3.04. The third-order valence-electron chi connectivity index (χ3n) is 4.37. The molecule has 0 aliphatic heterocycles. The van der Waals surface area contributed by atoms with E-state index in [1.807, 2.05) is 18.7 Å². The van der Waals surface area contributed by atoms with E-state index in [4.69, 9.17) is 5.73 Å². The Balaban J connectivity index is 2.02. The molecule has 1 aromatic heterocycles. The van der Waals surface area contributed by atoms with Crippen molar-refractivity contribution in [2.75, 3.05) is 0 Å². The van der Waals surface area contributed by atoms with Gasteiger partial charge in [-0.05, 0) is 53.2 Å². The highest BCUT2D eigenvalue weighted by Gasteiger charge is 2.34. The summed E-state index contributed by atoms with van der Waals surface area (Å²) in [7, 11) is 1.99. The second kappa shape index (κ2) is 5.01. The fraction of sp³-hybridized carbons (Fsp3) is 0.438. The van der Waals surface area contributed by atoms with Crippen LogP contribution in [0.15, 0.2) is 28.7 Å². The van der Waals surface area contributed by atoms with Crippen molar-refractivity contribution < 1.29 is 0 Å². The van der Waals surface area contributed by atoms with E-state index in [1.54, 1.807) is 0 Å². The van der Waals surface area contributed by atoms with E-state index in [1.165, 1.54) is 16.8 Å². The van der Waals surface area contributed by atoms with Gasteiger partial charge in [0.1, 0.15) is 0 Å². The van der Waals surface area contributed by atoms with Gasteiger partial charge in [0, 0.05) is 19.0 Å². The highest BCUT2D eigenvalue weighted by molar-refractivity contribution is 9.10. The second-order valence-electron chi connectivity index (χ2n) is 5.81. The van der Waals surface area contributed by atoms with Gasteiger partial charge in [-0.3, -0.25) is 4.68 Å². The molecule has 1 aromatic carbocycles. The van der Waals surface area contributed by atoms with Crippen LogP contribution in [0, 0.1) is 6.92 Å². The van der Waals surface area contributed by atoms with Crippen LogP contribution in [-0.2, 0) is 25.4 Å². The summed E-state index contributed by atoms with van der Waals surface area (Å²) in [6, 6.07) is 8.59. The summed E-state index contributed by atoms with van der Waals surface area (Å²) in [6.45, 7) is 2.02. The van der Waals surface area contributed by atoms with Gasteiger partial charge in [0.2, 0.25) is 0 Å². The van der Waals surface area contributed by atoms with E-state index in [-0.39, 0.29) is 5.54 Å². The Morgan fingerprint density at radius 3 is 2.85 bits per heavy atom. The number of hydrogen-bond acceptors (Lipinski definition) is 2. The summed E-state index contributed by atoms with van der Waals surface area (Å²) in [5, 5.41) is 4.48. The monoisotopic (exact) mass is 333 g/mol. The summed E-state index contributed by atoms with van der Waals surface area (Å²) in [6.07, 6.45) is 4.14. The molecule has 3 rings (SSSR count). The van der Waals surface area contributed by atoms with Gasteiger partial charge in [-0.1, -0.05) is 24.3 Å². The maximum absolute atomic E-state index is 6.79. The van der Waals surface area contributed by atoms with E-state index in [9.17, 15) is 0 Å². The molecule has 1 atom stereocenters. The fourth-order valence-electron chi connectivity index (χ4n) is 3.31. The lowest BCUT2D eigenvalue weighted by Gasteiger charge is -2.36. The first-order valence-corrected chi connectivity index (χ1v) is 7.86. The molecule has 1 aliphatic rings. The van der Waals surface area contributed by atoms with Crippen molar-refractivity contribution in [1.29, 1.82) is 0 Å². The van der Waals surface area contributed by atoms with Gasteiger partial charge >= 0.3 is 0 Å². The van der Waals surface area contributed by atoms with Crippen LogP contribution in [0.5, 0.6) is 0 Å². The number of aromatic nitrogens is 2. The molecular weight excluding hydrogens is 314 g/mol. The highest BCUT2D eigenvalue weighted by atomic mass is 79.9. The Bertz CT molecular complexity index is 647. The molecule has 0 saturated heterocycles. The lowest BCUT2D eigenvalue weighted by atomic mass is 9.74. The van der Waals surface area contributed by atoms with Gasteiger partial charge in [0.05, 0.1) is 15.9 Å². The lowest BCUT2D eigenvalue weighted by Crippen LogP contribution is -2.42. The van der Waals surface area contributed by atoms with Crippen LogP contribution < -0.4 is 5.73 Å². The molecule has 1 aliphatic carbocycles. The van der Waals surface area contributed by atoms with Crippen molar-refractivity contribution in [2.24, 2.45) is 12.8 Å². The third-order valence-corrected chi connectivity index (χ3v) is 5.40. The lowest BCUT2D eigenvalue weighted by molar-refractivity contribution is 0.360. The first-order valence-electron chi connectivity index (χ1n) is 7.06. The number of rotatable bonds is 2. The van der Waals surface area contributed by atoms with Crippen LogP contribution in [0.4, 0.5) is 0 Å². The number of hydrogen-bond donors (Lipinski definition) is 1. The van der Waals surface area contributed by atoms with Crippen LogP contribution >= 0.6 is 15.9 Å². The van der Waals surface area contributed by atoms with Crippen molar-refractivity contribution in [1.82, 2.24) is 9.78 Å². The van der Waals surface area contributed by atoms with Gasteiger partial charge in [-0.2, -0.15) is 5.10 Å². The quantitative estimate of drug-likeness (QED) is 0.916. The van der Waals surface area contributed by atoms with Crippen molar-refractivity contribution in [2.45, 2.75) is 38.1 Å². The van der Waals surface area contributed by atoms with Crippen molar-refractivity contribution >= 4 is 15.9 Å². The molecule has 3 nitrogen and oxygen atoms in total. The topological polar surface area (TPSA) is 43.8 Å². The predicted molar refractivity (Wildman–Crippen MR) is 84.6 cm³/mol. The van der Waals surface area contributed by atoms with Gasteiger partial charge < -0.3 is 5.73 Å². The number of aryl methyl sites for hydroxylation is 3. The molecular formula is C16H20BrN3. The average Bonchev–Trinajstić information content (AvgIpc) is 2.66. The van der Waals surface area contributed by atoms with E-state index in [2.05, 4.69) is 45.3 Å². The minimum absolute atomic E-state index is 0.280. The maximum atomic E-state index is 6.79. The predicted octanol–water partition coefficient (Wildman–Crippen LogP) is 3.22. The van der Waals surface area contributed by atoms with Crippen LogP contribution in [0.3, 0.4) is 0 Å². The van der Waals surface area contributed by atoms with Crippen molar-refractivity contribution in [3.63, 3.8) is 0 Å². The van der Waals surface area contributed by atoms with E-state index in [0.717, 1.165) is 35.8 Å². The van der Waals surface area contributed by atoms with Crippen LogP contribution in [-0.4, -0.2) is 9.78 Å². The first-order chi connectivity index (χ1) is 9.51. The molecule has 20 heavy (non-hydrogen) atoms. The number of nitrogens with two attached hydrogens (primary N) is 1. The van der Waals surface area contributed by atoms with Crippen LogP contribution in [0.1, 0.15) is 35.4 Å². The summed E-state index contributed by atoms with van der Waals surface area (Å²) >= 11 is 3.65. The van der Waals surface area contributed by atoms with Gasteiger partial charge in [-0.25, -0.2) is 0 Å². The molecule has 1 heterocycles. The summed E-state index contributed by atoms with van der Waals surface area (Å²) in [4.78, 5) is 0. The Morgan fingerprint density at radius 2 is 2.15 bits per heavy atom. The molecule has 106 valence electrons. The standard InChI is InChI=1S/C16H20BrN3/c1-11-15(17)14(20(2)19-11)10-16(18)9-5-7-12-6-3-4-8-13(12)16/h3-4,6,8H,5,7,9-10,18H2,1-2H3. The Kier molecular flexibility index (Phi) is 3.46.